The fourth-order valence-electron chi connectivity index (χ4n) is 2.93. The van der Waals surface area contributed by atoms with Gasteiger partial charge in [-0.1, -0.05) is 60.7 Å². The Kier molecular flexibility index (Phi) is 4.75. The van der Waals surface area contributed by atoms with Crippen molar-refractivity contribution in [2.75, 3.05) is 6.61 Å². The zero-order valence-corrected chi connectivity index (χ0v) is 13.1. The number of hydrogen-bond donors (Lipinski definition) is 0. The predicted octanol–water partition coefficient (Wildman–Crippen LogP) is 4.49. The van der Waals surface area contributed by atoms with Crippen LogP contribution in [0.15, 0.2) is 66.2 Å². The minimum absolute atomic E-state index is 0.0123. The predicted molar refractivity (Wildman–Crippen MR) is 89.3 cm³/mol. The van der Waals surface area contributed by atoms with E-state index in [2.05, 4.69) is 18.2 Å². The van der Waals surface area contributed by atoms with E-state index in [-0.39, 0.29) is 12.2 Å². The summed E-state index contributed by atoms with van der Waals surface area (Å²) in [6.45, 7) is 2.53. The zero-order chi connectivity index (χ0) is 16.1. The average molecular weight is 305 g/mol. The van der Waals surface area contributed by atoms with E-state index in [1.165, 1.54) is 0 Å². The smallest absolute Gasteiger partial charge is 0.200 e. The summed E-state index contributed by atoms with van der Waals surface area (Å²) in [7, 11) is 0. The van der Waals surface area contributed by atoms with E-state index >= 15 is 0 Å². The van der Waals surface area contributed by atoms with Crippen molar-refractivity contribution in [2.45, 2.75) is 25.6 Å². The molecule has 0 saturated carbocycles. The lowest BCUT2D eigenvalue weighted by Crippen LogP contribution is -2.26. The first kappa shape index (κ1) is 15.3. The first-order valence-electron chi connectivity index (χ1n) is 7.86. The summed E-state index contributed by atoms with van der Waals surface area (Å²) in [5.41, 5.74) is 2.69. The van der Waals surface area contributed by atoms with Crippen LogP contribution in [-0.2, 0) is 9.47 Å². The Bertz CT molecular complexity index is 716. The maximum atomic E-state index is 9.74. The van der Waals surface area contributed by atoms with Crippen LogP contribution in [0, 0.1) is 11.3 Å². The summed E-state index contributed by atoms with van der Waals surface area (Å²) < 4.78 is 11.7. The highest BCUT2D eigenvalue weighted by Crippen LogP contribution is 2.40. The molecule has 0 aromatic heterocycles. The van der Waals surface area contributed by atoms with E-state index < -0.39 is 0 Å². The standard InChI is InChI=1S/C20H19NO2/c1-2-22-19-13-17(15-9-5-3-6-10-15)18(14-21)20(23-19)16-11-7-4-8-12-16/h3-12,17,19H,2,13H2,1H3/t17-,19-/m1/s1. The molecular weight excluding hydrogens is 286 g/mol. The molecule has 1 heterocycles. The van der Waals surface area contributed by atoms with Crippen LogP contribution in [0.25, 0.3) is 5.76 Å². The van der Waals surface area contributed by atoms with Gasteiger partial charge in [0.2, 0.25) is 6.29 Å². The molecule has 1 aliphatic heterocycles. The van der Waals surface area contributed by atoms with Crippen molar-refractivity contribution in [3.05, 3.63) is 77.4 Å². The van der Waals surface area contributed by atoms with E-state index in [1.54, 1.807) is 0 Å². The topological polar surface area (TPSA) is 42.2 Å². The minimum atomic E-state index is -0.336. The Labute approximate surface area is 136 Å². The number of benzene rings is 2. The lowest BCUT2D eigenvalue weighted by molar-refractivity contribution is -0.104. The van der Waals surface area contributed by atoms with Gasteiger partial charge in [0.1, 0.15) is 5.76 Å². The minimum Gasteiger partial charge on any atom is -0.463 e. The SMILES string of the molecule is CCO[C@H]1C[C@H](c2ccccc2)C(C#N)=C(c2ccccc2)O1. The molecule has 2 aromatic rings. The molecule has 0 fully saturated rings. The van der Waals surface area contributed by atoms with Crippen molar-refractivity contribution in [1.29, 1.82) is 5.26 Å². The van der Waals surface area contributed by atoms with Gasteiger partial charge in [0, 0.05) is 24.5 Å². The molecule has 0 amide bonds. The van der Waals surface area contributed by atoms with E-state index in [0.29, 0.717) is 24.4 Å². The van der Waals surface area contributed by atoms with Crippen molar-refractivity contribution < 1.29 is 9.47 Å². The summed E-state index contributed by atoms with van der Waals surface area (Å²) in [5.74, 6) is 0.619. The van der Waals surface area contributed by atoms with Gasteiger partial charge in [-0.15, -0.1) is 0 Å². The van der Waals surface area contributed by atoms with Gasteiger partial charge in [-0.05, 0) is 12.5 Å². The van der Waals surface area contributed by atoms with E-state index in [9.17, 15) is 5.26 Å². The third kappa shape index (κ3) is 3.28. The van der Waals surface area contributed by atoms with Crippen LogP contribution in [-0.4, -0.2) is 12.9 Å². The lowest BCUT2D eigenvalue weighted by Gasteiger charge is -2.32. The molecule has 3 rings (SSSR count). The monoisotopic (exact) mass is 305 g/mol. The Hall–Kier alpha value is -2.57. The molecule has 0 aliphatic carbocycles. The summed E-state index contributed by atoms with van der Waals surface area (Å²) in [5, 5.41) is 9.74. The van der Waals surface area contributed by atoms with Crippen LogP contribution >= 0.6 is 0 Å². The molecule has 0 N–H and O–H groups in total. The fourth-order valence-corrected chi connectivity index (χ4v) is 2.93. The molecule has 2 aromatic carbocycles. The van der Waals surface area contributed by atoms with Crippen LogP contribution in [0.2, 0.25) is 0 Å². The largest absolute Gasteiger partial charge is 0.463 e. The highest BCUT2D eigenvalue weighted by atomic mass is 16.7. The van der Waals surface area contributed by atoms with Gasteiger partial charge in [-0.2, -0.15) is 5.26 Å². The van der Waals surface area contributed by atoms with Gasteiger partial charge in [-0.25, -0.2) is 0 Å². The lowest BCUT2D eigenvalue weighted by atomic mass is 9.85. The number of hydrogen-bond acceptors (Lipinski definition) is 3. The summed E-state index contributed by atoms with van der Waals surface area (Å²) in [6, 6.07) is 22.2. The third-order valence-electron chi connectivity index (χ3n) is 3.98. The highest BCUT2D eigenvalue weighted by Gasteiger charge is 2.32. The number of nitrogens with zero attached hydrogens (tertiary/aromatic N) is 1. The fraction of sp³-hybridized carbons (Fsp3) is 0.250. The quantitative estimate of drug-likeness (QED) is 0.836. The maximum Gasteiger partial charge on any atom is 0.200 e. The number of rotatable bonds is 4. The zero-order valence-electron chi connectivity index (χ0n) is 13.1. The van der Waals surface area contributed by atoms with E-state index in [1.807, 2.05) is 55.5 Å². The van der Waals surface area contributed by atoms with Crippen molar-refractivity contribution in [1.82, 2.24) is 0 Å². The highest BCUT2D eigenvalue weighted by molar-refractivity contribution is 5.69. The molecular formula is C20H19NO2. The molecule has 0 radical (unpaired) electrons. The molecule has 1 aliphatic rings. The van der Waals surface area contributed by atoms with Crippen molar-refractivity contribution >= 4 is 5.76 Å². The molecule has 0 unspecified atom stereocenters. The van der Waals surface area contributed by atoms with Crippen LogP contribution in [0.4, 0.5) is 0 Å². The molecule has 116 valence electrons. The van der Waals surface area contributed by atoms with Crippen molar-refractivity contribution in [2.24, 2.45) is 0 Å². The summed E-state index contributed by atoms with van der Waals surface area (Å²) in [6.07, 6.45) is 0.314. The second kappa shape index (κ2) is 7.13. The van der Waals surface area contributed by atoms with Crippen LogP contribution in [0.3, 0.4) is 0 Å². The Morgan fingerprint density at radius 3 is 2.35 bits per heavy atom. The Morgan fingerprint density at radius 2 is 1.74 bits per heavy atom. The molecule has 0 saturated heterocycles. The van der Waals surface area contributed by atoms with Gasteiger partial charge in [0.05, 0.1) is 11.6 Å². The summed E-state index contributed by atoms with van der Waals surface area (Å²) in [4.78, 5) is 0. The third-order valence-corrected chi connectivity index (χ3v) is 3.98. The molecule has 3 heteroatoms. The van der Waals surface area contributed by atoms with Gasteiger partial charge in [0.25, 0.3) is 0 Å². The van der Waals surface area contributed by atoms with E-state index in [4.69, 9.17) is 9.47 Å². The average Bonchev–Trinajstić information content (AvgIpc) is 2.63. The Balaban J connectivity index is 2.08. The van der Waals surface area contributed by atoms with Crippen LogP contribution in [0.5, 0.6) is 0 Å². The van der Waals surface area contributed by atoms with Crippen molar-refractivity contribution in [3.63, 3.8) is 0 Å². The van der Waals surface area contributed by atoms with Gasteiger partial charge in [-0.3, -0.25) is 0 Å². The second-order valence-electron chi connectivity index (χ2n) is 5.42. The Morgan fingerprint density at radius 1 is 1.09 bits per heavy atom. The van der Waals surface area contributed by atoms with Crippen molar-refractivity contribution in [3.8, 4) is 6.07 Å². The first-order valence-corrected chi connectivity index (χ1v) is 7.86. The maximum absolute atomic E-state index is 9.74. The van der Waals surface area contributed by atoms with Crippen LogP contribution < -0.4 is 0 Å². The van der Waals surface area contributed by atoms with Gasteiger partial charge < -0.3 is 9.47 Å². The number of ether oxygens (including phenoxy) is 2. The molecule has 0 spiro atoms. The normalized spacial score (nSPS) is 20.7. The summed E-state index contributed by atoms with van der Waals surface area (Å²) >= 11 is 0. The van der Waals surface area contributed by atoms with E-state index in [0.717, 1.165) is 11.1 Å². The molecule has 3 nitrogen and oxygen atoms in total. The first-order chi connectivity index (χ1) is 11.3. The molecule has 0 bridgehead atoms. The number of allylic oxidation sites excluding steroid dienone is 1. The molecule has 23 heavy (non-hydrogen) atoms. The number of nitriles is 1. The van der Waals surface area contributed by atoms with Crippen LogP contribution in [0.1, 0.15) is 30.4 Å². The van der Waals surface area contributed by atoms with Gasteiger partial charge >= 0.3 is 0 Å². The van der Waals surface area contributed by atoms with Gasteiger partial charge in [0.15, 0.2) is 0 Å². The second-order valence-corrected chi connectivity index (χ2v) is 5.42. The molecule has 2 atom stereocenters.